The average Bonchev–Trinajstić information content (AvgIpc) is 2.19. The maximum atomic E-state index is 11.0. The monoisotopic (exact) mass is 300 g/mol. The molecule has 4 N–H and O–H groups in total. The molecule has 8 heteroatoms. The van der Waals surface area contributed by atoms with E-state index in [9.17, 15) is 16.8 Å². The lowest BCUT2D eigenvalue weighted by Gasteiger charge is -2.10. The summed E-state index contributed by atoms with van der Waals surface area (Å²) in [6, 6.07) is 0. The van der Waals surface area contributed by atoms with Gasteiger partial charge in [-0.3, -0.25) is 0 Å². The molecule has 0 spiro atoms. The summed E-state index contributed by atoms with van der Waals surface area (Å²) in [4.78, 5) is 0. The van der Waals surface area contributed by atoms with E-state index in [0.29, 0.717) is 12.8 Å². The molecule has 0 aliphatic rings. The fraction of sp³-hybridized carbons (Fsp3) is 1.00. The molecule has 6 nitrogen and oxygen atoms in total. The van der Waals surface area contributed by atoms with Crippen LogP contribution >= 0.6 is 0 Å². The predicted molar refractivity (Wildman–Crippen MR) is 73.3 cm³/mol. The lowest BCUT2D eigenvalue weighted by atomic mass is 10.1. The minimum atomic E-state index is -3.15. The van der Waals surface area contributed by atoms with E-state index in [1.165, 1.54) is 0 Å². The number of rotatable bonds is 9. The van der Waals surface area contributed by atoms with Gasteiger partial charge < -0.3 is 11.5 Å². The van der Waals surface area contributed by atoms with E-state index in [0.717, 1.165) is 38.2 Å². The van der Waals surface area contributed by atoms with E-state index in [1.54, 1.807) is 0 Å². The van der Waals surface area contributed by atoms with Crippen molar-refractivity contribution in [1.82, 2.24) is 0 Å². The summed E-state index contributed by atoms with van der Waals surface area (Å²) in [7, 11) is -6.30. The molecule has 0 aromatic rings. The predicted octanol–water partition coefficient (Wildman–Crippen LogP) is -0.0142. The molecular formula is C10H24N2O4S2. The van der Waals surface area contributed by atoms with E-state index in [-0.39, 0.29) is 0 Å². The van der Waals surface area contributed by atoms with Gasteiger partial charge in [0.1, 0.15) is 10.7 Å². The Morgan fingerprint density at radius 3 is 1.22 bits per heavy atom. The molecule has 2 unspecified atom stereocenters. The molecular weight excluding hydrogens is 276 g/mol. The highest BCUT2D eigenvalue weighted by Crippen LogP contribution is 2.11. The van der Waals surface area contributed by atoms with Crippen molar-refractivity contribution in [2.24, 2.45) is 11.5 Å². The van der Waals surface area contributed by atoms with E-state index in [1.807, 2.05) is 0 Å². The zero-order chi connectivity index (χ0) is 14.4. The van der Waals surface area contributed by atoms with Crippen molar-refractivity contribution in [2.45, 2.75) is 49.3 Å². The number of sulfone groups is 2. The SMILES string of the molecule is CS(=O)(=O)C(N)CCCCCCC(N)S(C)(=O)=O. The van der Waals surface area contributed by atoms with Crippen molar-refractivity contribution in [2.75, 3.05) is 12.5 Å². The Bertz CT molecular complexity index is 389. The Hall–Kier alpha value is -0.180. The Kier molecular flexibility index (Phi) is 7.34. The summed E-state index contributed by atoms with van der Waals surface area (Å²) in [5.74, 6) is 0. The van der Waals surface area contributed by atoms with Gasteiger partial charge in [-0.25, -0.2) is 16.8 Å². The van der Waals surface area contributed by atoms with E-state index in [2.05, 4.69) is 0 Å². The second kappa shape index (κ2) is 7.42. The minimum absolute atomic E-state index is 0.441. The lowest BCUT2D eigenvalue weighted by molar-refractivity contribution is 0.542. The third-order valence-electron chi connectivity index (χ3n) is 2.83. The summed E-state index contributed by atoms with van der Waals surface area (Å²) < 4.78 is 44.2. The molecule has 0 saturated carbocycles. The van der Waals surface area contributed by atoms with Crippen molar-refractivity contribution in [3.8, 4) is 0 Å². The summed E-state index contributed by atoms with van der Waals surface area (Å²) in [6.07, 6.45) is 6.25. The third-order valence-corrected chi connectivity index (χ3v) is 5.50. The zero-order valence-electron chi connectivity index (χ0n) is 11.0. The fourth-order valence-electron chi connectivity index (χ4n) is 1.47. The second-order valence-corrected chi connectivity index (χ2v) is 9.26. The topological polar surface area (TPSA) is 120 Å². The van der Waals surface area contributed by atoms with Crippen molar-refractivity contribution in [1.29, 1.82) is 0 Å². The van der Waals surface area contributed by atoms with E-state index in [4.69, 9.17) is 11.5 Å². The van der Waals surface area contributed by atoms with Gasteiger partial charge >= 0.3 is 0 Å². The molecule has 0 bridgehead atoms. The number of nitrogens with two attached hydrogens (primary N) is 2. The van der Waals surface area contributed by atoms with Crippen LogP contribution in [0.25, 0.3) is 0 Å². The smallest absolute Gasteiger partial charge is 0.163 e. The maximum absolute atomic E-state index is 11.0. The fourth-order valence-corrected chi connectivity index (χ4v) is 2.66. The van der Waals surface area contributed by atoms with Crippen LogP contribution in [0.5, 0.6) is 0 Å². The molecule has 110 valence electrons. The van der Waals surface area contributed by atoms with Gasteiger partial charge in [0, 0.05) is 12.5 Å². The van der Waals surface area contributed by atoms with Crippen LogP contribution in [0.4, 0.5) is 0 Å². The first kappa shape index (κ1) is 17.8. The Morgan fingerprint density at radius 1 is 0.722 bits per heavy atom. The molecule has 0 saturated heterocycles. The van der Waals surface area contributed by atoms with Crippen LogP contribution in [-0.2, 0) is 19.7 Å². The second-order valence-electron chi connectivity index (χ2n) is 4.73. The molecule has 0 aromatic heterocycles. The number of unbranched alkanes of at least 4 members (excludes halogenated alkanes) is 3. The van der Waals surface area contributed by atoms with Crippen molar-refractivity contribution in [3.63, 3.8) is 0 Å². The average molecular weight is 300 g/mol. The molecule has 0 aromatic carbocycles. The van der Waals surface area contributed by atoms with Crippen LogP contribution in [0.15, 0.2) is 0 Å². The van der Waals surface area contributed by atoms with Gasteiger partial charge in [-0.15, -0.1) is 0 Å². The van der Waals surface area contributed by atoms with E-state index < -0.39 is 30.4 Å². The van der Waals surface area contributed by atoms with Gasteiger partial charge in [-0.05, 0) is 12.8 Å². The normalized spacial score (nSPS) is 16.4. The Morgan fingerprint density at radius 2 is 1.00 bits per heavy atom. The van der Waals surface area contributed by atoms with Gasteiger partial charge in [0.2, 0.25) is 0 Å². The first-order valence-electron chi connectivity index (χ1n) is 5.94. The lowest BCUT2D eigenvalue weighted by Crippen LogP contribution is -2.29. The molecule has 0 radical (unpaired) electrons. The first-order chi connectivity index (χ1) is 8.05. The van der Waals surface area contributed by atoms with Gasteiger partial charge in [0.05, 0.1) is 0 Å². The van der Waals surface area contributed by atoms with Crippen molar-refractivity contribution >= 4 is 19.7 Å². The van der Waals surface area contributed by atoms with Crippen molar-refractivity contribution < 1.29 is 16.8 Å². The summed E-state index contributed by atoms with van der Waals surface area (Å²) >= 11 is 0. The van der Waals surface area contributed by atoms with Crippen LogP contribution in [0.3, 0.4) is 0 Å². The van der Waals surface area contributed by atoms with Gasteiger partial charge in [-0.1, -0.05) is 25.7 Å². The third kappa shape index (κ3) is 8.02. The van der Waals surface area contributed by atoms with Crippen LogP contribution in [0.1, 0.15) is 38.5 Å². The highest BCUT2D eigenvalue weighted by Gasteiger charge is 2.15. The molecule has 0 aliphatic heterocycles. The highest BCUT2D eigenvalue weighted by molar-refractivity contribution is 7.91. The van der Waals surface area contributed by atoms with Crippen LogP contribution in [0.2, 0.25) is 0 Å². The van der Waals surface area contributed by atoms with Gasteiger partial charge in [-0.2, -0.15) is 0 Å². The molecule has 0 fully saturated rings. The highest BCUT2D eigenvalue weighted by atomic mass is 32.2. The molecule has 0 heterocycles. The summed E-state index contributed by atoms with van der Waals surface area (Å²) in [5.41, 5.74) is 11.0. The van der Waals surface area contributed by atoms with Gasteiger partial charge in [0.15, 0.2) is 19.7 Å². The summed E-state index contributed by atoms with van der Waals surface area (Å²) in [6.45, 7) is 0. The number of hydrogen-bond donors (Lipinski definition) is 2. The zero-order valence-corrected chi connectivity index (χ0v) is 12.6. The van der Waals surface area contributed by atoms with Crippen LogP contribution in [-0.4, -0.2) is 40.1 Å². The molecule has 0 amide bonds. The first-order valence-corrected chi connectivity index (χ1v) is 9.85. The van der Waals surface area contributed by atoms with Crippen molar-refractivity contribution in [3.05, 3.63) is 0 Å². The Balaban J connectivity index is 3.65. The van der Waals surface area contributed by atoms with Gasteiger partial charge in [0.25, 0.3) is 0 Å². The van der Waals surface area contributed by atoms with E-state index >= 15 is 0 Å². The van der Waals surface area contributed by atoms with Crippen LogP contribution in [0, 0.1) is 0 Å². The minimum Gasteiger partial charge on any atom is -0.315 e. The Labute approximate surface area is 110 Å². The largest absolute Gasteiger partial charge is 0.315 e. The standard InChI is InChI=1S/C10H24N2O4S2/c1-17(13,14)9(11)7-5-3-4-6-8-10(12)18(2,15)16/h9-10H,3-8,11-12H2,1-2H3. The molecule has 0 aliphatic carbocycles. The molecule has 0 rings (SSSR count). The van der Waals surface area contributed by atoms with Crippen LogP contribution < -0.4 is 11.5 Å². The molecule has 18 heavy (non-hydrogen) atoms. The maximum Gasteiger partial charge on any atom is 0.163 e. The quantitative estimate of drug-likeness (QED) is 0.578. The number of hydrogen-bond acceptors (Lipinski definition) is 6. The molecule has 2 atom stereocenters. The summed E-state index contributed by atoms with van der Waals surface area (Å²) in [5, 5.41) is -1.59.